The summed E-state index contributed by atoms with van der Waals surface area (Å²) in [5.74, 6) is -0.250. The third-order valence-corrected chi connectivity index (χ3v) is 6.58. The molecule has 7 heteroatoms. The Morgan fingerprint density at radius 3 is 2.21 bits per heavy atom. The van der Waals surface area contributed by atoms with Crippen LogP contribution in [0.5, 0.6) is 0 Å². The van der Waals surface area contributed by atoms with Crippen LogP contribution in [0.15, 0.2) is 54.6 Å². The Balaban J connectivity index is 2.09. The molecule has 1 N–H and O–H groups in total. The van der Waals surface area contributed by atoms with Crippen molar-refractivity contribution >= 4 is 35.2 Å². The van der Waals surface area contributed by atoms with E-state index in [0.29, 0.717) is 12.1 Å². The fraction of sp³-hybridized carbons (Fsp3) is 0.423. The van der Waals surface area contributed by atoms with Crippen LogP contribution in [-0.4, -0.2) is 28.1 Å². The van der Waals surface area contributed by atoms with Crippen LogP contribution in [0, 0.1) is 0 Å². The Bertz CT molecular complexity index is 1050. The standard InChI is InChI=1S/C26H32N2O4S/c1-18(29)16-25(5,6)33-26(27-23(31)32-24(2,3)4)20-14-10-11-15-21(20)28(22(26)30)17-19-12-8-7-9-13-19/h7-15H,16-17H2,1-6H3,(H,27,31)/t26-/m0/s1. The summed E-state index contributed by atoms with van der Waals surface area (Å²) in [4.78, 5) is 39.3. The van der Waals surface area contributed by atoms with Crippen LogP contribution in [0.4, 0.5) is 10.5 Å². The van der Waals surface area contributed by atoms with Crippen LogP contribution >= 0.6 is 11.8 Å². The van der Waals surface area contributed by atoms with E-state index in [-0.39, 0.29) is 18.1 Å². The lowest BCUT2D eigenvalue weighted by Gasteiger charge is -2.36. The number of thioether (sulfide) groups is 1. The van der Waals surface area contributed by atoms with Gasteiger partial charge in [0.1, 0.15) is 11.4 Å². The Hall–Kier alpha value is -2.80. The maximum Gasteiger partial charge on any atom is 0.409 e. The van der Waals surface area contributed by atoms with Crippen LogP contribution in [0.1, 0.15) is 59.1 Å². The number of anilines is 1. The number of para-hydroxylation sites is 1. The van der Waals surface area contributed by atoms with Crippen molar-refractivity contribution in [3.63, 3.8) is 0 Å². The van der Waals surface area contributed by atoms with Crippen molar-refractivity contribution in [3.8, 4) is 0 Å². The molecule has 1 heterocycles. The Labute approximate surface area is 200 Å². The van der Waals surface area contributed by atoms with Gasteiger partial charge in [-0.1, -0.05) is 62.4 Å². The average molecular weight is 469 g/mol. The molecule has 0 unspecified atom stereocenters. The van der Waals surface area contributed by atoms with Crippen LogP contribution in [0.25, 0.3) is 0 Å². The molecule has 0 spiro atoms. The molecule has 1 aliphatic rings. The summed E-state index contributed by atoms with van der Waals surface area (Å²) in [6, 6.07) is 17.2. The van der Waals surface area contributed by atoms with Gasteiger partial charge >= 0.3 is 6.09 Å². The Morgan fingerprint density at radius 1 is 1.00 bits per heavy atom. The number of amides is 2. The van der Waals surface area contributed by atoms with Gasteiger partial charge < -0.3 is 9.64 Å². The number of carbonyl (C=O) groups is 3. The van der Waals surface area contributed by atoms with Crippen molar-refractivity contribution in [1.29, 1.82) is 0 Å². The van der Waals surface area contributed by atoms with Gasteiger partial charge in [0.15, 0.2) is 4.87 Å². The molecule has 6 nitrogen and oxygen atoms in total. The van der Waals surface area contributed by atoms with Crippen molar-refractivity contribution in [2.45, 2.75) is 69.7 Å². The molecule has 0 aromatic heterocycles. The van der Waals surface area contributed by atoms with Crippen LogP contribution in [0.2, 0.25) is 0 Å². The number of ether oxygens (including phenoxy) is 1. The summed E-state index contributed by atoms with van der Waals surface area (Å²) in [6.07, 6.45) is -0.429. The smallest absolute Gasteiger partial charge is 0.409 e. The van der Waals surface area contributed by atoms with Crippen molar-refractivity contribution in [3.05, 3.63) is 65.7 Å². The highest BCUT2D eigenvalue weighted by Crippen LogP contribution is 2.52. The number of hydrogen-bond acceptors (Lipinski definition) is 5. The summed E-state index contributed by atoms with van der Waals surface area (Å²) in [5.41, 5.74) is 1.66. The normalized spacial score (nSPS) is 18.1. The minimum absolute atomic E-state index is 0.0137. The fourth-order valence-electron chi connectivity index (χ4n) is 4.09. The number of ketones is 1. The number of Topliss-reactive ketones (excluding diaryl/α,β-unsaturated/α-hetero) is 1. The summed E-state index contributed by atoms with van der Waals surface area (Å²) in [5, 5.41) is 2.90. The van der Waals surface area contributed by atoms with Crippen molar-refractivity contribution < 1.29 is 19.1 Å². The minimum atomic E-state index is -1.42. The monoisotopic (exact) mass is 468 g/mol. The number of hydrogen-bond donors (Lipinski definition) is 1. The number of nitrogens with one attached hydrogen (secondary N) is 1. The van der Waals surface area contributed by atoms with Gasteiger partial charge in [0.25, 0.3) is 5.91 Å². The number of rotatable bonds is 7. The molecule has 0 saturated carbocycles. The SMILES string of the molecule is CC(=O)CC(C)(C)S[C@]1(NC(=O)OC(C)(C)C)C(=O)N(Cc2ccccc2)c2ccccc21. The molecule has 176 valence electrons. The number of benzene rings is 2. The van der Waals surface area contributed by atoms with Gasteiger partial charge in [0.2, 0.25) is 0 Å². The van der Waals surface area contributed by atoms with Crippen LogP contribution < -0.4 is 10.2 Å². The molecule has 1 aliphatic heterocycles. The number of fused-ring (bicyclic) bond motifs is 1. The highest BCUT2D eigenvalue weighted by molar-refractivity contribution is 8.02. The van der Waals surface area contributed by atoms with E-state index in [0.717, 1.165) is 11.3 Å². The van der Waals surface area contributed by atoms with E-state index in [1.165, 1.54) is 18.7 Å². The molecule has 0 saturated heterocycles. The summed E-state index contributed by atoms with van der Waals surface area (Å²) >= 11 is 1.28. The first-order valence-corrected chi connectivity index (χ1v) is 11.8. The second-order valence-electron chi connectivity index (χ2n) is 9.94. The number of nitrogens with zero attached hydrogens (tertiary/aromatic N) is 1. The van der Waals surface area contributed by atoms with Gasteiger partial charge in [-0.25, -0.2) is 4.79 Å². The Kier molecular flexibility index (Phi) is 6.93. The zero-order valence-electron chi connectivity index (χ0n) is 20.1. The van der Waals surface area contributed by atoms with Gasteiger partial charge in [0.05, 0.1) is 12.2 Å². The molecule has 0 radical (unpaired) electrons. The van der Waals surface area contributed by atoms with E-state index >= 15 is 0 Å². The molecule has 0 bridgehead atoms. The van der Waals surface area contributed by atoms with Gasteiger partial charge in [-0.2, -0.15) is 0 Å². The first kappa shape index (κ1) is 24.8. The lowest BCUT2D eigenvalue weighted by atomic mass is 10.1. The molecule has 2 aromatic carbocycles. The molecule has 2 amide bonds. The van der Waals surface area contributed by atoms with E-state index in [1.54, 1.807) is 25.7 Å². The molecule has 2 aromatic rings. The molecule has 33 heavy (non-hydrogen) atoms. The quantitative estimate of drug-likeness (QED) is 0.551. The molecule has 0 aliphatic carbocycles. The molecular weight excluding hydrogens is 436 g/mol. The van der Waals surface area contributed by atoms with Crippen LogP contribution in [0.3, 0.4) is 0 Å². The van der Waals surface area contributed by atoms with Crippen molar-refractivity contribution in [2.75, 3.05) is 4.90 Å². The lowest BCUT2D eigenvalue weighted by Crippen LogP contribution is -2.53. The van der Waals surface area contributed by atoms with Crippen LogP contribution in [-0.2, 0) is 25.7 Å². The first-order valence-electron chi connectivity index (χ1n) is 11.0. The van der Waals surface area contributed by atoms with E-state index in [2.05, 4.69) is 5.32 Å². The summed E-state index contributed by atoms with van der Waals surface area (Å²) < 4.78 is 4.92. The highest BCUT2D eigenvalue weighted by atomic mass is 32.2. The van der Waals surface area contributed by atoms with Gasteiger partial charge in [-0.15, -0.1) is 11.8 Å². The summed E-state index contributed by atoms with van der Waals surface area (Å²) in [6.45, 7) is 11.0. The molecular formula is C26H32N2O4S. The fourth-order valence-corrected chi connectivity index (χ4v) is 5.81. The average Bonchev–Trinajstić information content (AvgIpc) is 2.89. The van der Waals surface area contributed by atoms with E-state index < -0.39 is 21.3 Å². The highest BCUT2D eigenvalue weighted by Gasteiger charge is 2.55. The van der Waals surface area contributed by atoms with Gasteiger partial charge in [-0.05, 0) is 39.3 Å². The van der Waals surface area contributed by atoms with E-state index in [1.807, 2.05) is 68.4 Å². The van der Waals surface area contributed by atoms with E-state index in [4.69, 9.17) is 4.74 Å². The van der Waals surface area contributed by atoms with Gasteiger partial charge in [0, 0.05) is 16.7 Å². The zero-order valence-corrected chi connectivity index (χ0v) is 20.9. The largest absolute Gasteiger partial charge is 0.444 e. The predicted octanol–water partition coefficient (Wildman–Crippen LogP) is 5.40. The number of carbonyl (C=O) groups excluding carboxylic acids is 3. The number of alkyl carbamates (subject to hydrolysis) is 1. The lowest BCUT2D eigenvalue weighted by molar-refractivity contribution is -0.121. The minimum Gasteiger partial charge on any atom is -0.444 e. The van der Waals surface area contributed by atoms with Crippen molar-refractivity contribution in [2.24, 2.45) is 0 Å². The van der Waals surface area contributed by atoms with Crippen molar-refractivity contribution in [1.82, 2.24) is 5.32 Å². The second-order valence-corrected chi connectivity index (χ2v) is 11.9. The molecule has 3 rings (SSSR count). The molecule has 1 atom stereocenters. The van der Waals surface area contributed by atoms with Gasteiger partial charge in [-0.3, -0.25) is 14.9 Å². The zero-order chi connectivity index (χ0) is 24.4. The summed E-state index contributed by atoms with van der Waals surface area (Å²) in [7, 11) is 0. The molecule has 0 fully saturated rings. The maximum absolute atomic E-state index is 14.1. The first-order chi connectivity index (χ1) is 15.3. The second kappa shape index (κ2) is 9.21. The Morgan fingerprint density at radius 2 is 1.61 bits per heavy atom. The topological polar surface area (TPSA) is 75.7 Å². The third-order valence-electron chi connectivity index (χ3n) is 5.09. The van der Waals surface area contributed by atoms with E-state index in [9.17, 15) is 14.4 Å². The third kappa shape index (κ3) is 5.77. The predicted molar refractivity (Wildman–Crippen MR) is 132 cm³/mol. The maximum atomic E-state index is 14.1.